The van der Waals surface area contributed by atoms with E-state index in [0.717, 1.165) is 12.3 Å². The molecule has 1 heterocycles. The van der Waals surface area contributed by atoms with E-state index in [1.54, 1.807) is 0 Å². The highest BCUT2D eigenvalue weighted by molar-refractivity contribution is 5.16. The molecule has 1 aromatic heterocycles. The third kappa shape index (κ3) is 2.73. The van der Waals surface area contributed by atoms with Crippen LogP contribution in [0.3, 0.4) is 0 Å². The summed E-state index contributed by atoms with van der Waals surface area (Å²) in [5.74, 6) is 0. The fourth-order valence-corrected chi connectivity index (χ4v) is 0.925. The lowest BCUT2D eigenvalue weighted by atomic mass is 10.2. The van der Waals surface area contributed by atoms with Crippen LogP contribution in [-0.4, -0.2) is 11.5 Å². The van der Waals surface area contributed by atoms with Gasteiger partial charge in [-0.1, -0.05) is 6.07 Å². The molecule has 0 radical (unpaired) electrons. The number of halogens is 3. The molecule has 0 unspecified atom stereocenters. The van der Waals surface area contributed by atoms with Gasteiger partial charge in [0.1, 0.15) is 5.69 Å². The summed E-state index contributed by atoms with van der Waals surface area (Å²) in [5.41, 5.74) is -0.252. The number of rotatable bonds is 2. The Morgan fingerprint density at radius 2 is 2.07 bits per heavy atom. The molecule has 74 valence electrons. The van der Waals surface area contributed by atoms with Crippen molar-refractivity contribution in [3.63, 3.8) is 0 Å². The fourth-order valence-electron chi connectivity index (χ4n) is 0.925. The molecule has 1 rings (SSSR count). The lowest BCUT2D eigenvalue weighted by molar-refractivity contribution is -0.141. The van der Waals surface area contributed by atoms with Crippen LogP contribution in [0.5, 0.6) is 0 Å². The Labute approximate surface area is 79.2 Å². The number of aromatic nitrogens is 1. The van der Waals surface area contributed by atoms with Crippen molar-refractivity contribution in [3.8, 4) is 0 Å². The molecule has 1 aromatic rings. The first-order chi connectivity index (χ1) is 6.54. The Hall–Kier alpha value is -1.57. The highest BCUT2D eigenvalue weighted by atomic mass is 19.4. The minimum atomic E-state index is -4.39. The minimum Gasteiger partial charge on any atom is -0.317 e. The largest absolute Gasteiger partial charge is 0.433 e. The van der Waals surface area contributed by atoms with E-state index in [1.807, 2.05) is 0 Å². The van der Waals surface area contributed by atoms with Gasteiger partial charge < -0.3 is 4.85 Å². The third-order valence-electron chi connectivity index (χ3n) is 1.63. The predicted molar refractivity (Wildman–Crippen MR) is 44.4 cm³/mol. The smallest absolute Gasteiger partial charge is 0.317 e. The molecule has 0 amide bonds. The average Bonchev–Trinajstić information content (AvgIpc) is 2.14. The van der Waals surface area contributed by atoms with E-state index in [9.17, 15) is 13.2 Å². The van der Waals surface area contributed by atoms with Crippen molar-refractivity contribution in [1.82, 2.24) is 4.98 Å². The molecule has 5 heteroatoms. The molecular formula is C9H7F3N2. The van der Waals surface area contributed by atoms with Crippen LogP contribution in [0.1, 0.15) is 11.3 Å². The van der Waals surface area contributed by atoms with E-state index in [0.29, 0.717) is 12.0 Å². The second-order valence-corrected chi connectivity index (χ2v) is 2.68. The van der Waals surface area contributed by atoms with Crippen molar-refractivity contribution in [1.29, 1.82) is 0 Å². The summed E-state index contributed by atoms with van der Waals surface area (Å²) in [6.45, 7) is 6.79. The first-order valence-electron chi connectivity index (χ1n) is 3.89. The summed E-state index contributed by atoms with van der Waals surface area (Å²) >= 11 is 0. The number of nitrogens with zero attached hydrogens (tertiary/aromatic N) is 2. The minimum absolute atomic E-state index is 0.271. The van der Waals surface area contributed by atoms with Gasteiger partial charge in [-0.3, -0.25) is 4.98 Å². The maximum absolute atomic E-state index is 12.1. The molecule has 0 aliphatic rings. The van der Waals surface area contributed by atoms with Crippen molar-refractivity contribution >= 4 is 0 Å². The van der Waals surface area contributed by atoms with Gasteiger partial charge in [-0.15, -0.1) is 0 Å². The summed E-state index contributed by atoms with van der Waals surface area (Å²) in [5, 5.41) is 0. The summed E-state index contributed by atoms with van der Waals surface area (Å²) in [6.07, 6.45) is -2.79. The number of alkyl halides is 3. The number of hydrogen-bond acceptors (Lipinski definition) is 1. The Morgan fingerprint density at radius 3 is 2.50 bits per heavy atom. The Bertz CT molecular complexity index is 335. The SMILES string of the molecule is [C-]#[N+]CCc1ccc(C(F)(F)F)nc1. The fraction of sp³-hybridized carbons (Fsp3) is 0.333. The highest BCUT2D eigenvalue weighted by Crippen LogP contribution is 2.27. The summed E-state index contributed by atoms with van der Waals surface area (Å²) in [6, 6.07) is 2.28. The van der Waals surface area contributed by atoms with Crippen molar-refractivity contribution in [3.05, 3.63) is 41.0 Å². The Kier molecular flexibility index (Phi) is 3.07. The highest BCUT2D eigenvalue weighted by Gasteiger charge is 2.31. The van der Waals surface area contributed by atoms with E-state index < -0.39 is 11.9 Å². The molecule has 0 saturated heterocycles. The van der Waals surface area contributed by atoms with E-state index in [1.165, 1.54) is 6.07 Å². The van der Waals surface area contributed by atoms with Gasteiger partial charge in [0, 0.05) is 12.6 Å². The maximum atomic E-state index is 12.1. The first kappa shape index (κ1) is 10.5. The van der Waals surface area contributed by atoms with Gasteiger partial charge >= 0.3 is 6.18 Å². The monoisotopic (exact) mass is 200 g/mol. The van der Waals surface area contributed by atoms with Crippen LogP contribution in [0.25, 0.3) is 4.85 Å². The quantitative estimate of drug-likeness (QED) is 0.670. The molecule has 0 fully saturated rings. The van der Waals surface area contributed by atoms with Gasteiger partial charge in [-0.2, -0.15) is 13.2 Å². The predicted octanol–water partition coefficient (Wildman–Crippen LogP) is 2.56. The molecule has 0 spiro atoms. The van der Waals surface area contributed by atoms with Gasteiger partial charge in [0.2, 0.25) is 6.54 Å². The van der Waals surface area contributed by atoms with E-state index in [2.05, 4.69) is 9.83 Å². The molecule has 0 aliphatic heterocycles. The topological polar surface area (TPSA) is 17.2 Å². The van der Waals surface area contributed by atoms with Crippen molar-refractivity contribution in [2.75, 3.05) is 6.54 Å². The van der Waals surface area contributed by atoms with Gasteiger partial charge in [0.25, 0.3) is 0 Å². The molecule has 2 nitrogen and oxygen atoms in total. The van der Waals surface area contributed by atoms with E-state index in [4.69, 9.17) is 6.57 Å². The van der Waals surface area contributed by atoms with Crippen molar-refractivity contribution in [2.45, 2.75) is 12.6 Å². The Balaban J connectivity index is 2.75. The molecule has 0 saturated carbocycles. The van der Waals surface area contributed by atoms with Gasteiger partial charge in [-0.25, -0.2) is 6.57 Å². The van der Waals surface area contributed by atoms with Crippen molar-refractivity contribution < 1.29 is 13.2 Å². The molecule has 0 N–H and O–H groups in total. The zero-order valence-electron chi connectivity index (χ0n) is 7.17. The van der Waals surface area contributed by atoms with Crippen LogP contribution in [0.4, 0.5) is 13.2 Å². The van der Waals surface area contributed by atoms with Gasteiger partial charge in [0.15, 0.2) is 0 Å². The van der Waals surface area contributed by atoms with Crippen LogP contribution >= 0.6 is 0 Å². The zero-order valence-corrected chi connectivity index (χ0v) is 7.17. The normalized spacial score (nSPS) is 11.0. The molecule has 0 atom stereocenters. The summed E-state index contributed by atoms with van der Waals surface area (Å²) < 4.78 is 36.2. The second kappa shape index (κ2) is 4.09. The Morgan fingerprint density at radius 1 is 1.36 bits per heavy atom. The second-order valence-electron chi connectivity index (χ2n) is 2.68. The molecule has 14 heavy (non-hydrogen) atoms. The molecule has 0 bridgehead atoms. The van der Waals surface area contributed by atoms with Crippen LogP contribution in [0.2, 0.25) is 0 Å². The van der Waals surface area contributed by atoms with Crippen molar-refractivity contribution in [2.24, 2.45) is 0 Å². The average molecular weight is 200 g/mol. The first-order valence-corrected chi connectivity index (χ1v) is 3.89. The van der Waals surface area contributed by atoms with Crippen LogP contribution in [0, 0.1) is 6.57 Å². The lowest BCUT2D eigenvalue weighted by Crippen LogP contribution is -2.07. The molecular weight excluding hydrogens is 193 g/mol. The van der Waals surface area contributed by atoms with Crippen LogP contribution in [0.15, 0.2) is 18.3 Å². The summed E-state index contributed by atoms with van der Waals surface area (Å²) in [7, 11) is 0. The van der Waals surface area contributed by atoms with Gasteiger partial charge in [-0.05, 0) is 11.6 Å². The third-order valence-corrected chi connectivity index (χ3v) is 1.63. The van der Waals surface area contributed by atoms with E-state index >= 15 is 0 Å². The molecule has 0 aliphatic carbocycles. The number of hydrogen-bond donors (Lipinski definition) is 0. The van der Waals surface area contributed by atoms with Crippen LogP contribution in [-0.2, 0) is 12.6 Å². The number of pyridine rings is 1. The zero-order chi connectivity index (χ0) is 10.6. The lowest BCUT2D eigenvalue weighted by Gasteiger charge is -2.04. The van der Waals surface area contributed by atoms with Crippen LogP contribution < -0.4 is 0 Å². The maximum Gasteiger partial charge on any atom is 0.433 e. The summed E-state index contributed by atoms with van der Waals surface area (Å²) in [4.78, 5) is 6.38. The van der Waals surface area contributed by atoms with Gasteiger partial charge in [0.05, 0.1) is 0 Å². The molecule has 0 aromatic carbocycles. The standard InChI is InChI=1S/C9H7F3N2/c1-13-5-4-7-2-3-8(14-6-7)9(10,11)12/h2-3,6H,4-5H2. The van der Waals surface area contributed by atoms with E-state index in [-0.39, 0.29) is 6.54 Å².